The van der Waals surface area contributed by atoms with Crippen LogP contribution in [0.3, 0.4) is 0 Å². The summed E-state index contributed by atoms with van der Waals surface area (Å²) in [5.41, 5.74) is 0. The number of ketones is 1. The van der Waals surface area contributed by atoms with Gasteiger partial charge in [0.05, 0.1) is 6.42 Å². The molecule has 23 heavy (non-hydrogen) atoms. The molecular weight excluding hydrogens is 309 g/mol. The van der Waals surface area contributed by atoms with Crippen molar-refractivity contribution in [1.29, 1.82) is 0 Å². The number of alkyl halides is 3. The SMILES string of the molecule is CCCCC(C(=O)/C=C/C1C(C)CC2OC(=O)CC21)C(F)(F)F. The van der Waals surface area contributed by atoms with Crippen LogP contribution in [-0.2, 0) is 14.3 Å². The minimum Gasteiger partial charge on any atom is -0.462 e. The Hall–Kier alpha value is -1.33. The summed E-state index contributed by atoms with van der Waals surface area (Å²) in [7, 11) is 0. The van der Waals surface area contributed by atoms with Crippen LogP contribution in [0.2, 0.25) is 0 Å². The van der Waals surface area contributed by atoms with Gasteiger partial charge in [0.1, 0.15) is 12.0 Å². The Morgan fingerprint density at radius 3 is 2.74 bits per heavy atom. The fourth-order valence-electron chi connectivity index (χ4n) is 3.71. The molecule has 5 atom stereocenters. The molecule has 0 radical (unpaired) electrons. The minimum absolute atomic E-state index is 0.0125. The molecule has 2 aliphatic rings. The number of esters is 1. The number of rotatable bonds is 6. The van der Waals surface area contributed by atoms with E-state index in [1.54, 1.807) is 13.0 Å². The minimum atomic E-state index is -4.51. The first-order valence-corrected chi connectivity index (χ1v) is 8.22. The molecule has 3 nitrogen and oxygen atoms in total. The zero-order chi connectivity index (χ0) is 17.2. The van der Waals surface area contributed by atoms with E-state index in [9.17, 15) is 22.8 Å². The fourth-order valence-corrected chi connectivity index (χ4v) is 3.71. The highest BCUT2D eigenvalue weighted by atomic mass is 19.4. The topological polar surface area (TPSA) is 43.4 Å². The van der Waals surface area contributed by atoms with Crippen molar-refractivity contribution in [2.45, 2.75) is 58.2 Å². The molecule has 1 heterocycles. The van der Waals surface area contributed by atoms with Crippen molar-refractivity contribution in [3.63, 3.8) is 0 Å². The Balaban J connectivity index is 2.05. The van der Waals surface area contributed by atoms with Crippen molar-refractivity contribution in [2.24, 2.45) is 23.7 Å². The van der Waals surface area contributed by atoms with E-state index in [0.29, 0.717) is 19.3 Å². The van der Waals surface area contributed by atoms with E-state index in [-0.39, 0.29) is 42.7 Å². The van der Waals surface area contributed by atoms with Gasteiger partial charge in [-0.1, -0.05) is 32.8 Å². The third kappa shape index (κ3) is 4.15. The van der Waals surface area contributed by atoms with Gasteiger partial charge in [-0.25, -0.2) is 0 Å². The Labute approximate surface area is 134 Å². The molecule has 0 aromatic rings. The lowest BCUT2D eigenvalue weighted by Gasteiger charge is -2.18. The second-order valence-electron chi connectivity index (χ2n) is 6.68. The van der Waals surface area contributed by atoms with Gasteiger partial charge in [-0.15, -0.1) is 0 Å². The molecule has 0 N–H and O–H groups in total. The van der Waals surface area contributed by atoms with Crippen molar-refractivity contribution in [1.82, 2.24) is 0 Å². The van der Waals surface area contributed by atoms with Gasteiger partial charge >= 0.3 is 12.1 Å². The first-order chi connectivity index (χ1) is 10.7. The van der Waals surface area contributed by atoms with Crippen molar-refractivity contribution in [3.8, 4) is 0 Å². The molecule has 1 saturated carbocycles. The number of hydrogen-bond donors (Lipinski definition) is 0. The van der Waals surface area contributed by atoms with Gasteiger partial charge in [0.25, 0.3) is 0 Å². The van der Waals surface area contributed by atoms with Crippen molar-refractivity contribution >= 4 is 11.8 Å². The second kappa shape index (κ2) is 7.05. The normalized spacial score (nSPS) is 32.1. The molecule has 2 fully saturated rings. The smallest absolute Gasteiger partial charge is 0.398 e. The summed E-state index contributed by atoms with van der Waals surface area (Å²) in [6.07, 6.45) is -0.187. The highest BCUT2D eigenvalue weighted by Crippen LogP contribution is 2.45. The number of unbranched alkanes of at least 4 members (excludes halogenated alkanes) is 1. The number of fused-ring (bicyclic) bond motifs is 1. The zero-order valence-corrected chi connectivity index (χ0v) is 13.4. The molecule has 5 unspecified atom stereocenters. The van der Waals surface area contributed by atoms with E-state index in [1.165, 1.54) is 0 Å². The molecule has 2 rings (SSSR count). The third-order valence-electron chi connectivity index (χ3n) is 4.99. The predicted molar refractivity (Wildman–Crippen MR) is 78.5 cm³/mol. The third-order valence-corrected chi connectivity index (χ3v) is 4.99. The molecule has 1 aliphatic heterocycles. The van der Waals surface area contributed by atoms with Crippen LogP contribution in [0.5, 0.6) is 0 Å². The van der Waals surface area contributed by atoms with Gasteiger partial charge in [-0.2, -0.15) is 13.2 Å². The van der Waals surface area contributed by atoms with Crippen LogP contribution < -0.4 is 0 Å². The van der Waals surface area contributed by atoms with Crippen LogP contribution in [0.25, 0.3) is 0 Å². The molecule has 130 valence electrons. The van der Waals surface area contributed by atoms with Gasteiger partial charge in [-0.05, 0) is 30.8 Å². The molecule has 0 bridgehead atoms. The number of carbonyl (C=O) groups is 2. The van der Waals surface area contributed by atoms with Gasteiger partial charge < -0.3 is 4.74 Å². The zero-order valence-electron chi connectivity index (χ0n) is 13.4. The monoisotopic (exact) mass is 332 g/mol. The van der Waals surface area contributed by atoms with Crippen LogP contribution in [0.4, 0.5) is 13.2 Å². The number of ether oxygens (including phenoxy) is 1. The Morgan fingerprint density at radius 2 is 2.13 bits per heavy atom. The number of halogens is 3. The summed E-state index contributed by atoms with van der Waals surface area (Å²) in [5.74, 6) is -2.95. The first-order valence-electron chi connectivity index (χ1n) is 8.22. The molecule has 1 aliphatic carbocycles. The molecule has 1 saturated heterocycles. The van der Waals surface area contributed by atoms with Crippen LogP contribution in [0.15, 0.2) is 12.2 Å². The molecule has 0 spiro atoms. The van der Waals surface area contributed by atoms with Gasteiger partial charge in [0, 0.05) is 5.92 Å². The number of carbonyl (C=O) groups excluding carboxylic acids is 2. The lowest BCUT2D eigenvalue weighted by molar-refractivity contribution is -0.180. The maximum Gasteiger partial charge on any atom is 0.398 e. The van der Waals surface area contributed by atoms with Crippen LogP contribution in [0, 0.1) is 23.7 Å². The average molecular weight is 332 g/mol. The fraction of sp³-hybridized carbons (Fsp3) is 0.765. The quantitative estimate of drug-likeness (QED) is 0.544. The van der Waals surface area contributed by atoms with Crippen LogP contribution in [0.1, 0.15) is 46.0 Å². The summed E-state index contributed by atoms with van der Waals surface area (Å²) in [4.78, 5) is 23.4. The lowest BCUT2D eigenvalue weighted by Crippen LogP contribution is -2.30. The maximum atomic E-state index is 13.0. The van der Waals surface area contributed by atoms with E-state index in [1.807, 2.05) is 6.92 Å². The Bertz CT molecular complexity index is 484. The van der Waals surface area contributed by atoms with E-state index in [0.717, 1.165) is 6.08 Å². The van der Waals surface area contributed by atoms with Gasteiger partial charge in [0.2, 0.25) is 0 Å². The molecule has 0 amide bonds. The van der Waals surface area contributed by atoms with Crippen molar-refractivity contribution < 1.29 is 27.5 Å². The second-order valence-corrected chi connectivity index (χ2v) is 6.68. The largest absolute Gasteiger partial charge is 0.462 e. The molecule has 6 heteroatoms. The van der Waals surface area contributed by atoms with Crippen LogP contribution >= 0.6 is 0 Å². The first kappa shape index (κ1) is 18.0. The van der Waals surface area contributed by atoms with Gasteiger partial charge in [0.15, 0.2) is 5.78 Å². The number of allylic oxidation sites excluding steroid dienone is 2. The van der Waals surface area contributed by atoms with E-state index < -0.39 is 17.9 Å². The molecule has 0 aromatic carbocycles. The average Bonchev–Trinajstić information content (AvgIpc) is 2.90. The van der Waals surface area contributed by atoms with Crippen molar-refractivity contribution in [3.05, 3.63) is 12.2 Å². The molecule has 0 aromatic heterocycles. The van der Waals surface area contributed by atoms with E-state index in [2.05, 4.69) is 0 Å². The lowest BCUT2D eigenvalue weighted by atomic mass is 9.87. The summed E-state index contributed by atoms with van der Waals surface area (Å²) < 4.78 is 44.3. The highest BCUT2D eigenvalue weighted by molar-refractivity contribution is 5.92. The summed E-state index contributed by atoms with van der Waals surface area (Å²) in [6.45, 7) is 3.77. The van der Waals surface area contributed by atoms with Crippen molar-refractivity contribution in [2.75, 3.05) is 0 Å². The van der Waals surface area contributed by atoms with E-state index >= 15 is 0 Å². The highest BCUT2D eigenvalue weighted by Gasteiger charge is 2.48. The standard InChI is InChI=1S/C17H23F3O3/c1-3-4-5-13(17(18,19)20)14(21)7-6-11-10(2)8-15-12(11)9-16(22)23-15/h6-7,10-13,15H,3-5,8-9H2,1-2H3/b7-6+. The summed E-state index contributed by atoms with van der Waals surface area (Å²) in [5, 5.41) is 0. The summed E-state index contributed by atoms with van der Waals surface area (Å²) >= 11 is 0. The molecular formula is C17H23F3O3. The van der Waals surface area contributed by atoms with E-state index in [4.69, 9.17) is 4.74 Å². The Morgan fingerprint density at radius 1 is 1.43 bits per heavy atom. The van der Waals surface area contributed by atoms with Gasteiger partial charge in [-0.3, -0.25) is 9.59 Å². The Kier molecular flexibility index (Phi) is 5.53. The maximum absolute atomic E-state index is 13.0. The van der Waals surface area contributed by atoms with Crippen LogP contribution in [-0.4, -0.2) is 24.0 Å². The predicted octanol–water partition coefficient (Wildman–Crippen LogP) is 4.07. The number of hydrogen-bond acceptors (Lipinski definition) is 3. The summed E-state index contributed by atoms with van der Waals surface area (Å²) in [6, 6.07) is 0.